The number of hydrogen-bond acceptors (Lipinski definition) is 10. The quantitative estimate of drug-likeness (QED) is 0.247. The number of thiocarbonyl (C=S) groups is 2. The van der Waals surface area contributed by atoms with E-state index in [1.807, 2.05) is 0 Å². The van der Waals surface area contributed by atoms with E-state index in [1.54, 1.807) is 62.8 Å². The maximum Gasteiger partial charge on any atom is 0.267 e. The molecule has 4 rings (SSSR count). The number of thioether (sulfide) groups is 2. The third-order valence-electron chi connectivity index (χ3n) is 6.18. The normalized spacial score (nSPS) is 16.7. The minimum Gasteiger partial charge on any atom is -0.497 e. The topological polar surface area (TPSA) is 117 Å². The van der Waals surface area contributed by atoms with Crippen LogP contribution in [0.1, 0.15) is 25.7 Å². The van der Waals surface area contributed by atoms with Crippen LogP contribution in [0.15, 0.2) is 58.3 Å². The van der Waals surface area contributed by atoms with Crippen LogP contribution in [0, 0.1) is 0 Å². The SMILES string of the molecule is COc1cccc(NC(=O)CCCN2C(=O)C(=C3SC(=S)N(CCCC(=O)Nc4cccc(OC)c4)C3=O)SC2=S)c1. The summed E-state index contributed by atoms with van der Waals surface area (Å²) in [6.45, 7) is 0.477. The fraction of sp³-hybridized carbons (Fsp3) is 0.286. The molecule has 2 fully saturated rings. The van der Waals surface area contributed by atoms with Gasteiger partial charge >= 0.3 is 0 Å². The number of ether oxygens (including phenoxy) is 2. The molecule has 2 heterocycles. The first-order valence-corrected chi connectivity index (χ1v) is 15.3. The van der Waals surface area contributed by atoms with Gasteiger partial charge in [-0.3, -0.25) is 29.0 Å². The van der Waals surface area contributed by atoms with Crippen molar-refractivity contribution in [2.45, 2.75) is 25.7 Å². The monoisotopic (exact) mass is 644 g/mol. The van der Waals surface area contributed by atoms with E-state index in [4.69, 9.17) is 33.9 Å². The molecule has 2 aromatic carbocycles. The summed E-state index contributed by atoms with van der Waals surface area (Å²) in [4.78, 5) is 54.4. The summed E-state index contributed by atoms with van der Waals surface area (Å²) in [5.41, 5.74) is 1.23. The van der Waals surface area contributed by atoms with Crippen LogP contribution in [-0.4, -0.2) is 69.4 Å². The van der Waals surface area contributed by atoms with Crippen LogP contribution in [0.3, 0.4) is 0 Å². The van der Waals surface area contributed by atoms with E-state index < -0.39 is 0 Å². The number of nitrogens with zero attached hydrogens (tertiary/aromatic N) is 2. The number of carbonyl (C=O) groups is 4. The van der Waals surface area contributed by atoms with Gasteiger partial charge in [0.1, 0.15) is 20.1 Å². The lowest BCUT2D eigenvalue weighted by atomic mass is 10.2. The molecule has 2 saturated heterocycles. The second-order valence-corrected chi connectivity index (χ2v) is 12.4. The predicted molar refractivity (Wildman–Crippen MR) is 173 cm³/mol. The number of anilines is 2. The molecule has 0 radical (unpaired) electrons. The molecule has 2 N–H and O–H groups in total. The number of carbonyl (C=O) groups excluding carboxylic acids is 4. The zero-order valence-corrected chi connectivity index (χ0v) is 26.1. The number of nitrogens with one attached hydrogen (secondary N) is 2. The number of methoxy groups -OCH3 is 2. The Morgan fingerprint density at radius 3 is 1.52 bits per heavy atom. The van der Waals surface area contributed by atoms with Crippen molar-refractivity contribution in [3.8, 4) is 11.5 Å². The smallest absolute Gasteiger partial charge is 0.267 e. The third-order valence-corrected chi connectivity index (χ3v) is 9.21. The maximum atomic E-state index is 13.2. The van der Waals surface area contributed by atoms with Crippen molar-refractivity contribution < 1.29 is 28.7 Å². The molecule has 4 amide bonds. The summed E-state index contributed by atoms with van der Waals surface area (Å²) < 4.78 is 11.0. The number of rotatable bonds is 12. The van der Waals surface area contributed by atoms with Gasteiger partial charge in [0.25, 0.3) is 11.8 Å². The Hall–Kier alpha value is -3.46. The molecule has 0 spiro atoms. The van der Waals surface area contributed by atoms with Crippen LogP contribution in [0.5, 0.6) is 11.5 Å². The number of amides is 4. The van der Waals surface area contributed by atoms with Gasteiger partial charge in [-0.25, -0.2) is 0 Å². The van der Waals surface area contributed by atoms with E-state index in [2.05, 4.69) is 10.6 Å². The molecule has 0 bridgehead atoms. The minimum absolute atomic E-state index is 0.178. The summed E-state index contributed by atoms with van der Waals surface area (Å²) in [7, 11) is 3.10. The van der Waals surface area contributed by atoms with Gasteiger partial charge in [0.15, 0.2) is 0 Å². The van der Waals surface area contributed by atoms with Gasteiger partial charge in [0.2, 0.25) is 11.8 Å². The summed E-state index contributed by atoms with van der Waals surface area (Å²) in [5, 5.41) is 5.61. The molecule has 42 heavy (non-hydrogen) atoms. The van der Waals surface area contributed by atoms with Gasteiger partial charge in [-0.2, -0.15) is 0 Å². The predicted octanol–water partition coefficient (Wildman–Crippen LogP) is 4.77. The van der Waals surface area contributed by atoms with Gasteiger partial charge in [-0.05, 0) is 37.1 Å². The molecule has 10 nitrogen and oxygen atoms in total. The Kier molecular flexibility index (Phi) is 11.0. The highest BCUT2D eigenvalue weighted by Crippen LogP contribution is 2.42. The molecule has 2 aliphatic heterocycles. The van der Waals surface area contributed by atoms with Crippen molar-refractivity contribution in [1.82, 2.24) is 9.80 Å². The average molecular weight is 645 g/mol. The third kappa shape index (κ3) is 7.88. The van der Waals surface area contributed by atoms with Crippen molar-refractivity contribution in [2.24, 2.45) is 0 Å². The fourth-order valence-corrected chi connectivity index (χ4v) is 6.87. The zero-order valence-electron chi connectivity index (χ0n) is 22.8. The van der Waals surface area contributed by atoms with E-state index in [0.29, 0.717) is 44.4 Å². The fourth-order valence-electron chi connectivity index (χ4n) is 4.10. The molecule has 0 aromatic heterocycles. The molecular weight excluding hydrogens is 617 g/mol. The van der Waals surface area contributed by atoms with E-state index in [-0.39, 0.29) is 59.4 Å². The summed E-state index contributed by atoms with van der Waals surface area (Å²) in [6, 6.07) is 14.1. The van der Waals surface area contributed by atoms with Gasteiger partial charge in [-0.15, -0.1) is 0 Å². The van der Waals surface area contributed by atoms with E-state index in [9.17, 15) is 19.2 Å². The highest BCUT2D eigenvalue weighted by molar-refractivity contribution is 8.29. The first-order chi connectivity index (χ1) is 20.2. The van der Waals surface area contributed by atoms with Crippen LogP contribution < -0.4 is 20.1 Å². The lowest BCUT2D eigenvalue weighted by Gasteiger charge is -2.15. The first-order valence-electron chi connectivity index (χ1n) is 12.9. The number of benzene rings is 2. The Bertz CT molecular complexity index is 1360. The number of hydrogen-bond donors (Lipinski definition) is 2. The van der Waals surface area contributed by atoms with Crippen molar-refractivity contribution in [2.75, 3.05) is 37.9 Å². The molecule has 2 aliphatic rings. The van der Waals surface area contributed by atoms with Crippen LogP contribution in [0.25, 0.3) is 0 Å². The Morgan fingerprint density at radius 2 is 1.14 bits per heavy atom. The van der Waals surface area contributed by atoms with Crippen LogP contribution in [0.2, 0.25) is 0 Å². The lowest BCUT2D eigenvalue weighted by Crippen LogP contribution is -2.31. The molecule has 220 valence electrons. The second kappa shape index (κ2) is 14.6. The molecule has 0 saturated carbocycles. The first kappa shape index (κ1) is 31.5. The average Bonchev–Trinajstić information content (AvgIpc) is 3.41. The van der Waals surface area contributed by atoms with Crippen molar-refractivity contribution in [3.05, 3.63) is 58.3 Å². The zero-order chi connectivity index (χ0) is 30.2. The molecule has 2 aromatic rings. The highest BCUT2D eigenvalue weighted by Gasteiger charge is 2.41. The van der Waals surface area contributed by atoms with Crippen LogP contribution in [0.4, 0.5) is 11.4 Å². The Labute approximate surface area is 262 Å². The molecule has 0 atom stereocenters. The van der Waals surface area contributed by atoms with Gasteiger partial charge in [-0.1, -0.05) is 60.1 Å². The standard InChI is InChI=1S/C28H28N4O6S4/c1-37-19-9-3-7-17(15-19)29-21(33)11-5-13-31-25(35)23(41-27(31)39)24-26(36)32(28(40)42-24)14-6-12-22(34)30-18-8-4-10-20(16-18)38-2/h3-4,7-10,15-16H,5-6,11-14H2,1-2H3,(H,29,33)(H,30,34). The van der Waals surface area contributed by atoms with Crippen molar-refractivity contribution >= 4 is 91.6 Å². The van der Waals surface area contributed by atoms with Gasteiger partial charge in [0.05, 0.1) is 24.0 Å². The Morgan fingerprint density at radius 1 is 0.738 bits per heavy atom. The van der Waals surface area contributed by atoms with Gasteiger partial charge in [0, 0.05) is 49.4 Å². The van der Waals surface area contributed by atoms with Gasteiger partial charge < -0.3 is 20.1 Å². The molecule has 0 unspecified atom stereocenters. The summed E-state index contributed by atoms with van der Waals surface area (Å²) >= 11 is 12.9. The van der Waals surface area contributed by atoms with E-state index >= 15 is 0 Å². The lowest BCUT2D eigenvalue weighted by molar-refractivity contribution is -0.124. The largest absolute Gasteiger partial charge is 0.497 e. The summed E-state index contributed by atoms with van der Waals surface area (Å²) in [5.74, 6) is 0.0997. The van der Waals surface area contributed by atoms with Crippen molar-refractivity contribution in [1.29, 1.82) is 0 Å². The second-order valence-electron chi connectivity index (χ2n) is 9.08. The van der Waals surface area contributed by atoms with E-state index in [0.717, 1.165) is 23.5 Å². The maximum absolute atomic E-state index is 13.2. The van der Waals surface area contributed by atoms with Crippen molar-refractivity contribution in [3.63, 3.8) is 0 Å². The molecule has 0 aliphatic carbocycles. The minimum atomic E-state index is -0.378. The Balaban J connectivity index is 1.27. The molecular formula is C28H28N4O6S4. The summed E-state index contributed by atoms with van der Waals surface area (Å²) in [6.07, 6.45) is 1.12. The van der Waals surface area contributed by atoms with Crippen LogP contribution in [-0.2, 0) is 19.2 Å². The van der Waals surface area contributed by atoms with E-state index in [1.165, 1.54) is 9.80 Å². The highest BCUT2D eigenvalue weighted by atomic mass is 32.2. The van der Waals surface area contributed by atoms with Crippen LogP contribution >= 0.6 is 48.0 Å². The molecule has 14 heteroatoms.